The summed E-state index contributed by atoms with van der Waals surface area (Å²) in [6.07, 6.45) is 6.29. The monoisotopic (exact) mass is 333 g/mol. The zero-order valence-corrected chi connectivity index (χ0v) is 14.0. The van der Waals surface area contributed by atoms with E-state index in [2.05, 4.69) is 27.9 Å². The fourth-order valence-corrected chi connectivity index (χ4v) is 3.45. The molecule has 1 saturated heterocycles. The van der Waals surface area contributed by atoms with Crippen molar-refractivity contribution in [2.75, 3.05) is 18.0 Å². The predicted molar refractivity (Wildman–Crippen MR) is 94.9 cm³/mol. The van der Waals surface area contributed by atoms with Crippen LogP contribution in [-0.4, -0.2) is 38.5 Å². The van der Waals surface area contributed by atoms with Crippen LogP contribution in [-0.2, 0) is 0 Å². The van der Waals surface area contributed by atoms with Gasteiger partial charge in [0, 0.05) is 31.5 Å². The molecular formula is C18H19N7. The first kappa shape index (κ1) is 15.5. The van der Waals surface area contributed by atoms with Crippen LogP contribution in [0.5, 0.6) is 0 Å². The van der Waals surface area contributed by atoms with Crippen LogP contribution in [0.3, 0.4) is 0 Å². The van der Waals surface area contributed by atoms with Gasteiger partial charge in [-0.2, -0.15) is 5.26 Å². The maximum atomic E-state index is 9.13. The molecule has 2 unspecified atom stereocenters. The highest BCUT2D eigenvalue weighted by Gasteiger charge is 2.23. The summed E-state index contributed by atoms with van der Waals surface area (Å²) in [7, 11) is 0. The molecular weight excluding hydrogens is 314 g/mol. The number of hydrogen-bond donors (Lipinski definition) is 1. The van der Waals surface area contributed by atoms with Gasteiger partial charge in [-0.3, -0.25) is 4.40 Å². The van der Waals surface area contributed by atoms with E-state index in [1.165, 1.54) is 0 Å². The average molecular weight is 333 g/mol. The summed E-state index contributed by atoms with van der Waals surface area (Å²) in [4.78, 5) is 15.7. The third kappa shape index (κ3) is 2.92. The topological polar surface area (TPSA) is 96.1 Å². The molecule has 7 heteroatoms. The van der Waals surface area contributed by atoms with E-state index in [4.69, 9.17) is 16.0 Å². The molecule has 1 aliphatic rings. The largest absolute Gasteiger partial charge is 0.355 e. The highest BCUT2D eigenvalue weighted by molar-refractivity contribution is 5.59. The Hall–Kier alpha value is -2.98. The average Bonchev–Trinajstić information content (AvgIpc) is 3.04. The summed E-state index contributed by atoms with van der Waals surface area (Å²) in [5.41, 5.74) is 8.26. The first-order valence-corrected chi connectivity index (χ1v) is 8.35. The van der Waals surface area contributed by atoms with Crippen molar-refractivity contribution in [2.24, 2.45) is 11.7 Å². The van der Waals surface area contributed by atoms with E-state index in [0.717, 1.165) is 36.7 Å². The maximum Gasteiger partial charge on any atom is 0.180 e. The van der Waals surface area contributed by atoms with E-state index >= 15 is 0 Å². The first-order chi connectivity index (χ1) is 12.1. The molecule has 3 aromatic rings. The molecule has 0 aromatic carbocycles. The lowest BCUT2D eigenvalue weighted by molar-refractivity contribution is 0.400. The SMILES string of the molecule is CC1CC(N)CN(c2ccnc(-c3cnc4ccc(C#N)cn34)n2)C1. The van der Waals surface area contributed by atoms with Gasteiger partial charge >= 0.3 is 0 Å². The number of hydrogen-bond acceptors (Lipinski definition) is 6. The second-order valence-electron chi connectivity index (χ2n) is 6.65. The maximum absolute atomic E-state index is 9.13. The van der Waals surface area contributed by atoms with Gasteiger partial charge in [-0.05, 0) is 30.5 Å². The molecule has 3 aromatic heterocycles. The number of imidazole rings is 1. The van der Waals surface area contributed by atoms with Crippen molar-refractivity contribution in [2.45, 2.75) is 19.4 Å². The van der Waals surface area contributed by atoms with Crippen molar-refractivity contribution in [1.29, 1.82) is 5.26 Å². The Morgan fingerprint density at radius 1 is 1.24 bits per heavy atom. The van der Waals surface area contributed by atoms with Gasteiger partial charge in [0.05, 0.1) is 11.8 Å². The summed E-state index contributed by atoms with van der Waals surface area (Å²) in [6.45, 7) is 3.95. The van der Waals surface area contributed by atoms with E-state index in [0.29, 0.717) is 17.3 Å². The van der Waals surface area contributed by atoms with E-state index in [1.54, 1.807) is 24.7 Å². The summed E-state index contributed by atoms with van der Waals surface area (Å²) < 4.78 is 1.85. The van der Waals surface area contributed by atoms with Crippen LogP contribution >= 0.6 is 0 Å². The molecule has 126 valence electrons. The molecule has 4 rings (SSSR count). The van der Waals surface area contributed by atoms with Crippen molar-refractivity contribution in [3.63, 3.8) is 0 Å². The molecule has 25 heavy (non-hydrogen) atoms. The molecule has 0 saturated carbocycles. The molecule has 0 radical (unpaired) electrons. The normalized spacial score (nSPS) is 20.6. The van der Waals surface area contributed by atoms with Gasteiger partial charge in [-0.15, -0.1) is 0 Å². The number of piperidine rings is 1. The number of rotatable bonds is 2. The smallest absolute Gasteiger partial charge is 0.180 e. The van der Waals surface area contributed by atoms with Gasteiger partial charge in [0.1, 0.15) is 23.2 Å². The minimum absolute atomic E-state index is 0.163. The fourth-order valence-electron chi connectivity index (χ4n) is 3.45. The van der Waals surface area contributed by atoms with E-state index in [9.17, 15) is 0 Å². The molecule has 0 bridgehead atoms. The summed E-state index contributed by atoms with van der Waals surface area (Å²) in [6, 6.07) is 7.79. The molecule has 4 heterocycles. The van der Waals surface area contributed by atoms with Crippen molar-refractivity contribution < 1.29 is 0 Å². The third-order valence-electron chi connectivity index (χ3n) is 4.52. The molecule has 0 amide bonds. The number of nitrogens with two attached hydrogens (primary N) is 1. The van der Waals surface area contributed by atoms with Gasteiger partial charge < -0.3 is 10.6 Å². The lowest BCUT2D eigenvalue weighted by atomic mass is 9.97. The number of nitriles is 1. The molecule has 7 nitrogen and oxygen atoms in total. The lowest BCUT2D eigenvalue weighted by Crippen LogP contribution is -2.46. The van der Waals surface area contributed by atoms with Crippen LogP contribution in [0.1, 0.15) is 18.9 Å². The Balaban J connectivity index is 1.74. The Bertz CT molecular complexity index is 945. The van der Waals surface area contributed by atoms with Crippen LogP contribution in [0.2, 0.25) is 0 Å². The van der Waals surface area contributed by atoms with Crippen LogP contribution < -0.4 is 10.6 Å². The highest BCUT2D eigenvalue weighted by Crippen LogP contribution is 2.24. The van der Waals surface area contributed by atoms with Crippen LogP contribution in [0.25, 0.3) is 17.2 Å². The molecule has 2 atom stereocenters. The molecule has 0 spiro atoms. The van der Waals surface area contributed by atoms with Gasteiger partial charge in [0.15, 0.2) is 5.82 Å². The van der Waals surface area contributed by atoms with Crippen molar-refractivity contribution in [3.05, 3.63) is 42.4 Å². The summed E-state index contributed by atoms with van der Waals surface area (Å²) >= 11 is 0. The Morgan fingerprint density at radius 3 is 2.92 bits per heavy atom. The minimum Gasteiger partial charge on any atom is -0.355 e. The molecule has 1 fully saturated rings. The number of anilines is 1. The van der Waals surface area contributed by atoms with Crippen molar-refractivity contribution in [1.82, 2.24) is 19.4 Å². The fraction of sp³-hybridized carbons (Fsp3) is 0.333. The number of nitrogens with zero attached hydrogens (tertiary/aromatic N) is 6. The zero-order valence-electron chi connectivity index (χ0n) is 14.0. The zero-order chi connectivity index (χ0) is 17.4. The van der Waals surface area contributed by atoms with Crippen LogP contribution in [0, 0.1) is 17.2 Å². The molecule has 0 aliphatic carbocycles. The van der Waals surface area contributed by atoms with E-state index in [-0.39, 0.29) is 6.04 Å². The quantitative estimate of drug-likeness (QED) is 0.768. The third-order valence-corrected chi connectivity index (χ3v) is 4.52. The number of fused-ring (bicyclic) bond motifs is 1. The second-order valence-corrected chi connectivity index (χ2v) is 6.65. The van der Waals surface area contributed by atoms with Gasteiger partial charge in [-0.25, -0.2) is 15.0 Å². The van der Waals surface area contributed by atoms with Gasteiger partial charge in [0.25, 0.3) is 0 Å². The van der Waals surface area contributed by atoms with Gasteiger partial charge in [-0.1, -0.05) is 6.92 Å². The standard InChI is InChI=1S/C18H19N7/c1-12-6-14(20)11-24(9-12)17-4-5-21-18(23-17)15-8-22-16-3-2-13(7-19)10-25(15)16/h2-5,8,10,12,14H,6,9,11,20H2,1H3. The molecule has 1 aliphatic heterocycles. The predicted octanol–water partition coefficient (Wildman–Crippen LogP) is 1.84. The van der Waals surface area contributed by atoms with Crippen molar-refractivity contribution >= 4 is 11.5 Å². The Kier molecular flexibility index (Phi) is 3.82. The number of pyridine rings is 1. The Labute approximate surface area is 145 Å². The highest BCUT2D eigenvalue weighted by atomic mass is 15.2. The second kappa shape index (κ2) is 6.15. The summed E-state index contributed by atoms with van der Waals surface area (Å²) in [5, 5.41) is 9.13. The number of aromatic nitrogens is 4. The summed E-state index contributed by atoms with van der Waals surface area (Å²) in [5.74, 6) is 2.00. The van der Waals surface area contributed by atoms with Crippen LogP contribution in [0.4, 0.5) is 5.82 Å². The van der Waals surface area contributed by atoms with Crippen LogP contribution in [0.15, 0.2) is 36.8 Å². The Morgan fingerprint density at radius 2 is 2.12 bits per heavy atom. The van der Waals surface area contributed by atoms with E-state index < -0.39 is 0 Å². The lowest BCUT2D eigenvalue weighted by Gasteiger charge is -2.35. The minimum atomic E-state index is 0.163. The first-order valence-electron chi connectivity index (χ1n) is 8.35. The van der Waals surface area contributed by atoms with E-state index in [1.807, 2.05) is 16.5 Å². The molecule has 2 N–H and O–H groups in total. The van der Waals surface area contributed by atoms with Gasteiger partial charge in [0.2, 0.25) is 0 Å². The van der Waals surface area contributed by atoms with Crippen molar-refractivity contribution in [3.8, 4) is 17.6 Å².